The van der Waals surface area contributed by atoms with Gasteiger partial charge in [0.25, 0.3) is 0 Å². The third-order valence-corrected chi connectivity index (χ3v) is 5.36. The predicted octanol–water partition coefficient (Wildman–Crippen LogP) is 4.47. The van der Waals surface area contributed by atoms with E-state index in [2.05, 4.69) is 77.6 Å². The molecule has 0 saturated heterocycles. The Labute approximate surface area is 174 Å². The van der Waals surface area contributed by atoms with E-state index in [9.17, 15) is 0 Å². The number of amidine groups is 1. The second kappa shape index (κ2) is 9.52. The molecule has 3 rings (SSSR count). The Morgan fingerprint density at radius 2 is 1.83 bits per heavy atom. The van der Waals surface area contributed by atoms with Crippen LogP contribution in [0.15, 0.2) is 53.0 Å². The molecule has 2 N–H and O–H groups in total. The Balaban J connectivity index is 1.74. The van der Waals surface area contributed by atoms with E-state index in [0.717, 1.165) is 60.7 Å². The van der Waals surface area contributed by atoms with Gasteiger partial charge in [-0.05, 0) is 48.0 Å². The van der Waals surface area contributed by atoms with Crippen LogP contribution in [0.5, 0.6) is 0 Å². The van der Waals surface area contributed by atoms with Gasteiger partial charge in [0.2, 0.25) is 0 Å². The molecule has 152 valence electrons. The molecule has 29 heavy (non-hydrogen) atoms. The average molecular weight is 390 g/mol. The molecule has 0 fully saturated rings. The van der Waals surface area contributed by atoms with Crippen LogP contribution in [0, 0.1) is 0 Å². The second-order valence-electron chi connectivity index (χ2n) is 7.35. The fraction of sp³-hybridized carbons (Fsp3) is 0.333. The third-order valence-electron chi connectivity index (χ3n) is 5.36. The molecule has 5 heteroatoms. The Morgan fingerprint density at radius 3 is 2.55 bits per heavy atom. The lowest BCUT2D eigenvalue weighted by molar-refractivity contribution is 0.282. The molecule has 2 aromatic carbocycles. The van der Waals surface area contributed by atoms with E-state index in [-0.39, 0.29) is 0 Å². The van der Waals surface area contributed by atoms with Gasteiger partial charge in [-0.3, -0.25) is 0 Å². The lowest BCUT2D eigenvalue weighted by Gasteiger charge is -2.21. The highest BCUT2D eigenvalue weighted by Crippen LogP contribution is 2.33. The highest BCUT2D eigenvalue weighted by molar-refractivity contribution is 5.92. The number of hydrogen-bond donors (Lipinski definition) is 1. The first-order chi connectivity index (χ1) is 14.0. The van der Waals surface area contributed by atoms with Crippen LogP contribution < -0.4 is 5.73 Å². The molecule has 0 atom stereocenters. The molecule has 1 aliphatic heterocycles. The van der Waals surface area contributed by atoms with Crippen LogP contribution >= 0.6 is 0 Å². The number of hydrogen-bond acceptors (Lipinski definition) is 4. The molecule has 0 saturated carbocycles. The zero-order valence-corrected chi connectivity index (χ0v) is 17.7. The molecule has 0 aromatic heterocycles. The average Bonchev–Trinajstić information content (AvgIpc) is 3.12. The summed E-state index contributed by atoms with van der Waals surface area (Å²) in [5, 5.41) is 0. The Morgan fingerprint density at radius 1 is 1.10 bits per heavy atom. The first kappa shape index (κ1) is 20.8. The second-order valence-corrected chi connectivity index (χ2v) is 7.35. The number of benzene rings is 2. The van der Waals surface area contributed by atoms with E-state index in [1.165, 1.54) is 5.56 Å². The number of aliphatic imine (C=N–C) groups is 2. The molecule has 0 bridgehead atoms. The van der Waals surface area contributed by atoms with Crippen LogP contribution in [-0.4, -0.2) is 55.2 Å². The number of nitrogens with zero attached hydrogens (tertiary/aromatic N) is 4. The van der Waals surface area contributed by atoms with Crippen LogP contribution in [0.1, 0.15) is 25.0 Å². The summed E-state index contributed by atoms with van der Waals surface area (Å²) >= 11 is 0. The van der Waals surface area contributed by atoms with Crippen molar-refractivity contribution >= 4 is 29.6 Å². The maximum atomic E-state index is 5.86. The lowest BCUT2D eigenvalue weighted by Crippen LogP contribution is -2.32. The molecule has 5 nitrogen and oxygen atoms in total. The first-order valence-corrected chi connectivity index (χ1v) is 10.2. The lowest BCUT2D eigenvalue weighted by atomic mass is 9.99. The van der Waals surface area contributed by atoms with Crippen molar-refractivity contribution < 1.29 is 0 Å². The van der Waals surface area contributed by atoms with Crippen molar-refractivity contribution in [2.75, 3.05) is 33.2 Å². The minimum absolute atomic E-state index is 0.679. The first-order valence-electron chi connectivity index (χ1n) is 10.2. The molecule has 0 spiro atoms. The van der Waals surface area contributed by atoms with Gasteiger partial charge in [0.15, 0.2) is 0 Å². The van der Waals surface area contributed by atoms with Gasteiger partial charge in [-0.2, -0.15) is 0 Å². The van der Waals surface area contributed by atoms with Crippen molar-refractivity contribution in [2.45, 2.75) is 20.3 Å². The fourth-order valence-electron chi connectivity index (χ4n) is 3.46. The van der Waals surface area contributed by atoms with Gasteiger partial charge in [0, 0.05) is 32.1 Å². The standard InChI is InChI=1S/C24H31N5/c1-5-18-14-19(20-8-9-21-16-24(25)27-23(21)15-20)10-11-22(18)26-17-28(4)12-13-29(6-2)7-3/h5,8-11,14-15,17H,1,6-7,12-13,16H2,2-4H3,(H2,25,27). The maximum absolute atomic E-state index is 5.86. The summed E-state index contributed by atoms with van der Waals surface area (Å²) in [6.07, 6.45) is 4.50. The van der Waals surface area contributed by atoms with E-state index in [0.29, 0.717) is 5.84 Å². The van der Waals surface area contributed by atoms with E-state index in [4.69, 9.17) is 5.73 Å². The minimum Gasteiger partial charge on any atom is -0.387 e. The van der Waals surface area contributed by atoms with Crippen LogP contribution in [0.4, 0.5) is 11.4 Å². The third kappa shape index (κ3) is 5.12. The van der Waals surface area contributed by atoms with E-state index < -0.39 is 0 Å². The molecule has 0 aliphatic carbocycles. The molecule has 2 aromatic rings. The topological polar surface area (TPSA) is 57.2 Å². The number of nitrogens with two attached hydrogens (primary N) is 1. The smallest absolute Gasteiger partial charge is 0.104 e. The Bertz CT molecular complexity index is 925. The summed E-state index contributed by atoms with van der Waals surface area (Å²) < 4.78 is 0. The number of likely N-dealkylation sites (N-methyl/N-ethyl adjacent to an activating group) is 2. The maximum Gasteiger partial charge on any atom is 0.104 e. The Kier molecular flexibility index (Phi) is 6.83. The normalized spacial score (nSPS) is 13.0. The summed E-state index contributed by atoms with van der Waals surface area (Å²) in [6, 6.07) is 12.6. The van der Waals surface area contributed by atoms with Crippen molar-refractivity contribution in [1.29, 1.82) is 0 Å². The number of fused-ring (bicyclic) bond motifs is 1. The molecule has 1 aliphatic rings. The van der Waals surface area contributed by atoms with Crippen LogP contribution in [0.25, 0.3) is 17.2 Å². The van der Waals surface area contributed by atoms with Crippen LogP contribution in [0.3, 0.4) is 0 Å². The fourth-order valence-corrected chi connectivity index (χ4v) is 3.46. The minimum atomic E-state index is 0.679. The van der Waals surface area contributed by atoms with E-state index in [1.54, 1.807) is 0 Å². The van der Waals surface area contributed by atoms with E-state index >= 15 is 0 Å². The van der Waals surface area contributed by atoms with Gasteiger partial charge in [0.1, 0.15) is 5.84 Å². The molecule has 0 radical (unpaired) electrons. The largest absolute Gasteiger partial charge is 0.387 e. The quantitative estimate of drug-likeness (QED) is 0.508. The van der Waals surface area contributed by atoms with Gasteiger partial charge in [0.05, 0.1) is 17.7 Å². The molecule has 1 heterocycles. The summed E-state index contributed by atoms with van der Waals surface area (Å²) in [5.74, 6) is 0.679. The Hall–Kier alpha value is -2.92. The van der Waals surface area contributed by atoms with Crippen molar-refractivity contribution in [3.8, 4) is 11.1 Å². The van der Waals surface area contributed by atoms with Gasteiger partial charge >= 0.3 is 0 Å². The van der Waals surface area contributed by atoms with Crippen molar-refractivity contribution in [3.63, 3.8) is 0 Å². The van der Waals surface area contributed by atoms with Gasteiger partial charge in [-0.25, -0.2) is 9.98 Å². The van der Waals surface area contributed by atoms with Gasteiger partial charge in [-0.1, -0.05) is 44.7 Å². The zero-order chi connectivity index (χ0) is 20.8. The summed E-state index contributed by atoms with van der Waals surface area (Å²) in [5.41, 5.74) is 12.2. The predicted molar refractivity (Wildman–Crippen MR) is 126 cm³/mol. The van der Waals surface area contributed by atoms with Crippen LogP contribution in [0.2, 0.25) is 0 Å². The van der Waals surface area contributed by atoms with Crippen molar-refractivity contribution in [3.05, 3.63) is 54.1 Å². The number of rotatable bonds is 9. The van der Waals surface area contributed by atoms with Crippen molar-refractivity contribution in [2.24, 2.45) is 15.7 Å². The zero-order valence-electron chi connectivity index (χ0n) is 17.7. The summed E-state index contributed by atoms with van der Waals surface area (Å²) in [7, 11) is 2.06. The van der Waals surface area contributed by atoms with Crippen molar-refractivity contribution in [1.82, 2.24) is 9.80 Å². The SMILES string of the molecule is C=Cc1cc(-c2ccc3c(c2)N=C(N)C3)ccc1N=CN(C)CCN(CC)CC. The van der Waals surface area contributed by atoms with E-state index in [1.807, 2.05) is 18.5 Å². The molecular weight excluding hydrogens is 358 g/mol. The highest BCUT2D eigenvalue weighted by atomic mass is 15.2. The summed E-state index contributed by atoms with van der Waals surface area (Å²) in [6.45, 7) is 12.5. The molecule has 0 unspecified atom stereocenters. The molecule has 0 amide bonds. The van der Waals surface area contributed by atoms with Crippen LogP contribution in [-0.2, 0) is 6.42 Å². The molecular formula is C24H31N5. The van der Waals surface area contributed by atoms with Gasteiger partial charge in [-0.15, -0.1) is 0 Å². The summed E-state index contributed by atoms with van der Waals surface area (Å²) in [4.78, 5) is 13.6. The highest BCUT2D eigenvalue weighted by Gasteiger charge is 2.13. The van der Waals surface area contributed by atoms with Gasteiger partial charge < -0.3 is 15.5 Å². The monoisotopic (exact) mass is 389 g/mol.